The first-order chi connectivity index (χ1) is 9.45. The fourth-order valence-electron chi connectivity index (χ4n) is 2.20. The van der Waals surface area contributed by atoms with E-state index in [9.17, 15) is 9.59 Å². The quantitative estimate of drug-likeness (QED) is 0.850. The second kappa shape index (κ2) is 6.41. The van der Waals surface area contributed by atoms with Crippen molar-refractivity contribution in [3.8, 4) is 0 Å². The number of halogens is 2. The second-order valence-electron chi connectivity index (χ2n) is 4.76. The molecule has 0 unspecified atom stereocenters. The molecule has 0 spiro atoms. The third kappa shape index (κ3) is 3.84. The van der Waals surface area contributed by atoms with Crippen molar-refractivity contribution >= 4 is 35.0 Å². The minimum absolute atomic E-state index is 0.0591. The van der Waals surface area contributed by atoms with Gasteiger partial charge in [-0.3, -0.25) is 9.59 Å². The summed E-state index contributed by atoms with van der Waals surface area (Å²) in [5.41, 5.74) is 0.393. The molecule has 108 valence electrons. The number of carbonyl (C=O) groups excluding carboxylic acids is 2. The van der Waals surface area contributed by atoms with Crippen molar-refractivity contribution < 1.29 is 9.59 Å². The van der Waals surface area contributed by atoms with E-state index in [1.165, 1.54) is 12.1 Å². The molecule has 2 amide bonds. The van der Waals surface area contributed by atoms with E-state index in [2.05, 4.69) is 10.3 Å². The van der Waals surface area contributed by atoms with Gasteiger partial charge < -0.3 is 10.2 Å². The number of amides is 2. The zero-order valence-electron chi connectivity index (χ0n) is 11.0. The third-order valence-electron chi connectivity index (χ3n) is 3.30. The Balaban J connectivity index is 1.94. The van der Waals surface area contributed by atoms with Gasteiger partial charge in [-0.25, -0.2) is 4.98 Å². The molecule has 5 nitrogen and oxygen atoms in total. The van der Waals surface area contributed by atoms with Crippen molar-refractivity contribution in [2.45, 2.75) is 25.8 Å². The number of likely N-dealkylation sites (tertiary alicyclic amines) is 1. The SMILES string of the molecule is CC(=O)N1CCC(NC(=O)c2cc(Cl)nc(Cl)c2)CC1. The first-order valence-corrected chi connectivity index (χ1v) is 7.11. The lowest BCUT2D eigenvalue weighted by Gasteiger charge is -2.31. The smallest absolute Gasteiger partial charge is 0.251 e. The molecule has 7 heteroatoms. The Morgan fingerprint density at radius 1 is 1.25 bits per heavy atom. The number of hydrogen-bond acceptors (Lipinski definition) is 3. The predicted octanol–water partition coefficient (Wildman–Crippen LogP) is 2.13. The van der Waals surface area contributed by atoms with E-state index in [1.54, 1.807) is 11.8 Å². The first kappa shape index (κ1) is 15.1. The normalized spacial score (nSPS) is 16.1. The largest absolute Gasteiger partial charge is 0.349 e. The number of aromatic nitrogens is 1. The van der Waals surface area contributed by atoms with Crippen molar-refractivity contribution in [2.24, 2.45) is 0 Å². The van der Waals surface area contributed by atoms with Gasteiger partial charge in [0.2, 0.25) is 5.91 Å². The molecule has 0 saturated carbocycles. The summed E-state index contributed by atoms with van der Waals surface area (Å²) >= 11 is 11.5. The highest BCUT2D eigenvalue weighted by molar-refractivity contribution is 6.33. The number of pyridine rings is 1. The van der Waals surface area contributed by atoms with Crippen LogP contribution in [0, 0.1) is 0 Å². The Morgan fingerprint density at radius 3 is 2.30 bits per heavy atom. The minimum atomic E-state index is -0.225. The van der Waals surface area contributed by atoms with Gasteiger partial charge in [-0.2, -0.15) is 0 Å². The fraction of sp³-hybridized carbons (Fsp3) is 0.462. The van der Waals surface area contributed by atoms with E-state index in [1.807, 2.05) is 0 Å². The average molecular weight is 316 g/mol. The molecule has 1 aliphatic heterocycles. The van der Waals surface area contributed by atoms with Crippen LogP contribution in [0.2, 0.25) is 10.3 Å². The van der Waals surface area contributed by atoms with Gasteiger partial charge in [-0.1, -0.05) is 23.2 Å². The zero-order valence-corrected chi connectivity index (χ0v) is 12.5. The van der Waals surface area contributed by atoms with Crippen molar-refractivity contribution in [3.05, 3.63) is 28.0 Å². The molecule has 1 saturated heterocycles. The number of piperidine rings is 1. The third-order valence-corrected chi connectivity index (χ3v) is 3.69. The molecule has 0 bridgehead atoms. The fourth-order valence-corrected chi connectivity index (χ4v) is 2.66. The van der Waals surface area contributed by atoms with Crippen LogP contribution in [0.1, 0.15) is 30.1 Å². The maximum absolute atomic E-state index is 12.1. The van der Waals surface area contributed by atoms with Crippen LogP contribution < -0.4 is 5.32 Å². The highest BCUT2D eigenvalue weighted by atomic mass is 35.5. The van der Waals surface area contributed by atoms with Gasteiger partial charge in [0.25, 0.3) is 5.91 Å². The highest BCUT2D eigenvalue weighted by Crippen LogP contribution is 2.16. The van der Waals surface area contributed by atoms with Crippen molar-refractivity contribution in [1.29, 1.82) is 0 Å². The van der Waals surface area contributed by atoms with E-state index >= 15 is 0 Å². The summed E-state index contributed by atoms with van der Waals surface area (Å²) in [7, 11) is 0. The Morgan fingerprint density at radius 2 is 1.80 bits per heavy atom. The summed E-state index contributed by atoms with van der Waals surface area (Å²) in [4.78, 5) is 28.9. The number of nitrogens with one attached hydrogen (secondary N) is 1. The molecule has 2 rings (SSSR count). The van der Waals surface area contributed by atoms with Gasteiger partial charge >= 0.3 is 0 Å². The summed E-state index contributed by atoms with van der Waals surface area (Å²) in [6, 6.07) is 3.02. The van der Waals surface area contributed by atoms with Crippen LogP contribution in [0.25, 0.3) is 0 Å². The molecule has 1 N–H and O–H groups in total. The van der Waals surface area contributed by atoms with E-state index < -0.39 is 0 Å². The molecule has 0 aromatic carbocycles. The molecular weight excluding hydrogens is 301 g/mol. The second-order valence-corrected chi connectivity index (χ2v) is 5.53. The number of nitrogens with zero attached hydrogens (tertiary/aromatic N) is 2. The lowest BCUT2D eigenvalue weighted by Crippen LogP contribution is -2.46. The maximum atomic E-state index is 12.1. The summed E-state index contributed by atoms with van der Waals surface area (Å²) in [5, 5.41) is 3.30. The van der Waals surface area contributed by atoms with Crippen molar-refractivity contribution in [1.82, 2.24) is 15.2 Å². The molecule has 20 heavy (non-hydrogen) atoms. The predicted molar refractivity (Wildman–Crippen MR) is 77.0 cm³/mol. The van der Waals surface area contributed by atoms with Crippen molar-refractivity contribution in [3.63, 3.8) is 0 Å². The molecule has 0 aliphatic carbocycles. The molecular formula is C13H15Cl2N3O2. The number of hydrogen-bond donors (Lipinski definition) is 1. The van der Waals surface area contributed by atoms with Gasteiger partial charge in [0.1, 0.15) is 10.3 Å². The van der Waals surface area contributed by atoms with Gasteiger partial charge in [-0.15, -0.1) is 0 Å². The minimum Gasteiger partial charge on any atom is -0.349 e. The number of carbonyl (C=O) groups is 2. The van der Waals surface area contributed by atoms with E-state index in [4.69, 9.17) is 23.2 Å². The van der Waals surface area contributed by atoms with Gasteiger partial charge in [-0.05, 0) is 25.0 Å². The number of rotatable bonds is 2. The van der Waals surface area contributed by atoms with Gasteiger partial charge in [0.15, 0.2) is 0 Å². The van der Waals surface area contributed by atoms with E-state index in [0.717, 1.165) is 12.8 Å². The molecule has 1 fully saturated rings. The molecule has 1 aromatic rings. The Hall–Kier alpha value is -1.33. The highest BCUT2D eigenvalue weighted by Gasteiger charge is 2.22. The van der Waals surface area contributed by atoms with Crippen LogP contribution in [-0.2, 0) is 4.79 Å². The van der Waals surface area contributed by atoms with Crippen LogP contribution in [0.4, 0.5) is 0 Å². The standard InChI is InChI=1S/C13H15Cl2N3O2/c1-8(19)18-4-2-10(3-5-18)16-13(20)9-6-11(14)17-12(15)7-9/h6-7,10H,2-5H2,1H3,(H,16,20). The summed E-state index contributed by atoms with van der Waals surface area (Å²) in [6.07, 6.45) is 1.50. The molecule has 1 aromatic heterocycles. The van der Waals surface area contributed by atoms with Crippen LogP contribution in [-0.4, -0.2) is 40.8 Å². The molecule has 1 aliphatic rings. The molecule has 0 radical (unpaired) electrons. The maximum Gasteiger partial charge on any atom is 0.251 e. The Kier molecular flexibility index (Phi) is 4.83. The lowest BCUT2D eigenvalue weighted by molar-refractivity contribution is -0.129. The summed E-state index contributed by atoms with van der Waals surface area (Å²) in [6.45, 7) is 2.89. The van der Waals surface area contributed by atoms with E-state index in [0.29, 0.717) is 18.7 Å². The first-order valence-electron chi connectivity index (χ1n) is 6.35. The summed E-state index contributed by atoms with van der Waals surface area (Å²) in [5.74, 6) is -0.153. The summed E-state index contributed by atoms with van der Waals surface area (Å²) < 4.78 is 0. The van der Waals surface area contributed by atoms with E-state index in [-0.39, 0.29) is 28.2 Å². The van der Waals surface area contributed by atoms with Crippen molar-refractivity contribution in [2.75, 3.05) is 13.1 Å². The Labute approximate surface area is 127 Å². The molecule has 2 heterocycles. The lowest BCUT2D eigenvalue weighted by atomic mass is 10.0. The monoisotopic (exact) mass is 315 g/mol. The average Bonchev–Trinajstić information content (AvgIpc) is 2.38. The van der Waals surface area contributed by atoms with Crippen LogP contribution in [0.5, 0.6) is 0 Å². The van der Waals surface area contributed by atoms with Crippen LogP contribution >= 0.6 is 23.2 Å². The topological polar surface area (TPSA) is 62.3 Å². The Bertz CT molecular complexity index is 508. The zero-order chi connectivity index (χ0) is 14.7. The van der Waals surface area contributed by atoms with Crippen LogP contribution in [0.3, 0.4) is 0 Å². The van der Waals surface area contributed by atoms with Crippen LogP contribution in [0.15, 0.2) is 12.1 Å². The van der Waals surface area contributed by atoms with Gasteiger partial charge in [0.05, 0.1) is 0 Å². The molecule has 0 atom stereocenters. The van der Waals surface area contributed by atoms with Gasteiger partial charge in [0, 0.05) is 31.6 Å².